The number of anilines is 1. The van der Waals surface area contributed by atoms with Crippen molar-refractivity contribution in [2.24, 2.45) is 0 Å². The van der Waals surface area contributed by atoms with E-state index in [1.54, 1.807) is 0 Å². The summed E-state index contributed by atoms with van der Waals surface area (Å²) in [6.07, 6.45) is 1.33. The highest BCUT2D eigenvalue weighted by molar-refractivity contribution is 5.58. The van der Waals surface area contributed by atoms with Crippen molar-refractivity contribution in [3.05, 3.63) is 65.5 Å². The summed E-state index contributed by atoms with van der Waals surface area (Å²) in [6.45, 7) is 5.06. The molecule has 0 amide bonds. The van der Waals surface area contributed by atoms with E-state index >= 15 is 0 Å². The average molecular weight is 279 g/mol. The lowest BCUT2D eigenvalue weighted by Gasteiger charge is -2.10. The van der Waals surface area contributed by atoms with Crippen LogP contribution in [-0.2, 0) is 6.54 Å². The fraction of sp³-hybridized carbons (Fsp3) is 0.176. The van der Waals surface area contributed by atoms with Gasteiger partial charge in [0.1, 0.15) is 0 Å². The average Bonchev–Trinajstić information content (AvgIpc) is 3.01. The lowest BCUT2D eigenvalue weighted by Crippen LogP contribution is -2.01. The van der Waals surface area contributed by atoms with Crippen LogP contribution in [0.3, 0.4) is 0 Å². The maximum atomic E-state index is 5.17. The van der Waals surface area contributed by atoms with Crippen molar-refractivity contribution < 1.29 is 4.42 Å². The number of nitrogens with zero attached hydrogens (tertiary/aromatic N) is 2. The number of benzene rings is 2. The highest BCUT2D eigenvalue weighted by Gasteiger charge is 2.03. The molecule has 4 heteroatoms. The second-order valence-electron chi connectivity index (χ2n) is 5.10. The number of aromatic nitrogens is 2. The zero-order valence-electron chi connectivity index (χ0n) is 12.1. The first-order valence-electron chi connectivity index (χ1n) is 6.89. The van der Waals surface area contributed by atoms with Crippen LogP contribution in [0, 0.1) is 13.8 Å². The number of aryl methyl sites for hydroxylation is 2. The molecule has 1 aromatic heterocycles. The van der Waals surface area contributed by atoms with Crippen LogP contribution < -0.4 is 5.32 Å². The quantitative estimate of drug-likeness (QED) is 0.785. The Morgan fingerprint density at radius 2 is 1.86 bits per heavy atom. The van der Waals surface area contributed by atoms with Crippen LogP contribution in [0.5, 0.6) is 0 Å². The maximum Gasteiger partial charge on any atom is 0.247 e. The predicted octanol–water partition coefficient (Wildman–Crippen LogP) is 3.97. The molecule has 0 saturated carbocycles. The Morgan fingerprint density at radius 1 is 1.05 bits per heavy atom. The van der Waals surface area contributed by atoms with E-state index < -0.39 is 0 Å². The predicted molar refractivity (Wildman–Crippen MR) is 83.0 cm³/mol. The van der Waals surface area contributed by atoms with Crippen molar-refractivity contribution in [1.29, 1.82) is 0 Å². The maximum absolute atomic E-state index is 5.17. The highest BCUT2D eigenvalue weighted by Crippen LogP contribution is 2.20. The Bertz CT molecular complexity index is 718. The van der Waals surface area contributed by atoms with Crippen molar-refractivity contribution in [1.82, 2.24) is 10.2 Å². The third-order valence-electron chi connectivity index (χ3n) is 3.47. The molecule has 3 rings (SSSR count). The molecular weight excluding hydrogens is 262 g/mol. The fourth-order valence-corrected chi connectivity index (χ4v) is 2.27. The Balaban J connectivity index is 1.68. The standard InChI is InChI=1S/C17H17N3O/c1-12-3-4-15(13(2)9-12)10-18-16-7-5-14(6-8-16)17-20-19-11-21-17/h3-9,11,18H,10H2,1-2H3. The molecule has 0 bridgehead atoms. The van der Waals surface area contributed by atoms with Gasteiger partial charge in [-0.3, -0.25) is 0 Å². The molecule has 106 valence electrons. The van der Waals surface area contributed by atoms with E-state index in [9.17, 15) is 0 Å². The van der Waals surface area contributed by atoms with Gasteiger partial charge in [-0.05, 0) is 49.2 Å². The van der Waals surface area contributed by atoms with Crippen LogP contribution in [0.15, 0.2) is 53.3 Å². The minimum absolute atomic E-state index is 0.538. The first-order chi connectivity index (χ1) is 10.2. The molecule has 1 heterocycles. The number of hydrogen-bond donors (Lipinski definition) is 1. The molecule has 0 fully saturated rings. The first kappa shape index (κ1) is 13.4. The van der Waals surface area contributed by atoms with Crippen LogP contribution in [0.1, 0.15) is 16.7 Å². The minimum Gasteiger partial charge on any atom is -0.423 e. The van der Waals surface area contributed by atoms with Gasteiger partial charge in [0.05, 0.1) is 0 Å². The summed E-state index contributed by atoms with van der Waals surface area (Å²) in [4.78, 5) is 0. The van der Waals surface area contributed by atoms with Gasteiger partial charge in [-0.15, -0.1) is 10.2 Å². The molecule has 0 aliphatic heterocycles. The summed E-state index contributed by atoms with van der Waals surface area (Å²) >= 11 is 0. The van der Waals surface area contributed by atoms with Gasteiger partial charge < -0.3 is 9.73 Å². The lowest BCUT2D eigenvalue weighted by atomic mass is 10.1. The third kappa shape index (κ3) is 3.11. The minimum atomic E-state index is 0.538. The van der Waals surface area contributed by atoms with Gasteiger partial charge >= 0.3 is 0 Å². The molecule has 4 nitrogen and oxygen atoms in total. The zero-order chi connectivity index (χ0) is 14.7. The SMILES string of the molecule is Cc1ccc(CNc2ccc(-c3nnco3)cc2)c(C)c1. The van der Waals surface area contributed by atoms with Crippen molar-refractivity contribution in [3.8, 4) is 11.5 Å². The van der Waals surface area contributed by atoms with Crippen LogP contribution in [-0.4, -0.2) is 10.2 Å². The smallest absolute Gasteiger partial charge is 0.247 e. The Morgan fingerprint density at radius 3 is 2.52 bits per heavy atom. The van der Waals surface area contributed by atoms with Gasteiger partial charge in [0.2, 0.25) is 12.3 Å². The highest BCUT2D eigenvalue weighted by atomic mass is 16.4. The van der Waals surface area contributed by atoms with Crippen molar-refractivity contribution in [3.63, 3.8) is 0 Å². The number of nitrogens with one attached hydrogen (secondary N) is 1. The summed E-state index contributed by atoms with van der Waals surface area (Å²) in [7, 11) is 0. The second kappa shape index (κ2) is 5.79. The van der Waals surface area contributed by atoms with Gasteiger partial charge in [-0.25, -0.2) is 0 Å². The fourth-order valence-electron chi connectivity index (χ4n) is 2.27. The van der Waals surface area contributed by atoms with E-state index in [-0.39, 0.29) is 0 Å². The van der Waals surface area contributed by atoms with Gasteiger partial charge in [0, 0.05) is 17.8 Å². The number of rotatable bonds is 4. The molecule has 2 aromatic carbocycles. The van der Waals surface area contributed by atoms with Crippen molar-refractivity contribution in [2.75, 3.05) is 5.32 Å². The first-order valence-corrected chi connectivity index (χ1v) is 6.89. The molecule has 21 heavy (non-hydrogen) atoms. The molecular formula is C17H17N3O. The number of hydrogen-bond acceptors (Lipinski definition) is 4. The Hall–Kier alpha value is -2.62. The van der Waals surface area contributed by atoms with Gasteiger partial charge in [-0.1, -0.05) is 23.8 Å². The molecule has 0 unspecified atom stereocenters. The molecule has 0 saturated heterocycles. The third-order valence-corrected chi connectivity index (χ3v) is 3.47. The van der Waals surface area contributed by atoms with Gasteiger partial charge in [-0.2, -0.15) is 0 Å². The second-order valence-corrected chi connectivity index (χ2v) is 5.10. The molecule has 1 N–H and O–H groups in total. The van der Waals surface area contributed by atoms with E-state index in [1.165, 1.54) is 23.1 Å². The molecule has 3 aromatic rings. The van der Waals surface area contributed by atoms with Crippen LogP contribution in [0.2, 0.25) is 0 Å². The topological polar surface area (TPSA) is 51.0 Å². The molecule has 0 radical (unpaired) electrons. The molecule has 0 aliphatic rings. The van der Waals surface area contributed by atoms with Gasteiger partial charge in [0.25, 0.3) is 0 Å². The summed E-state index contributed by atoms with van der Waals surface area (Å²) in [5.41, 5.74) is 5.90. The molecule has 0 spiro atoms. The zero-order valence-corrected chi connectivity index (χ0v) is 12.1. The monoisotopic (exact) mass is 279 g/mol. The largest absolute Gasteiger partial charge is 0.423 e. The van der Waals surface area contributed by atoms with Crippen molar-refractivity contribution in [2.45, 2.75) is 20.4 Å². The van der Waals surface area contributed by atoms with Crippen LogP contribution in [0.4, 0.5) is 5.69 Å². The van der Waals surface area contributed by atoms with Crippen LogP contribution in [0.25, 0.3) is 11.5 Å². The summed E-state index contributed by atoms with van der Waals surface area (Å²) in [6, 6.07) is 14.5. The van der Waals surface area contributed by atoms with Crippen LogP contribution >= 0.6 is 0 Å². The molecule has 0 aliphatic carbocycles. The Kier molecular flexibility index (Phi) is 3.69. The van der Waals surface area contributed by atoms with E-state index in [2.05, 4.69) is 47.6 Å². The van der Waals surface area contributed by atoms with Crippen molar-refractivity contribution >= 4 is 5.69 Å². The van der Waals surface area contributed by atoms with E-state index in [1.807, 2.05) is 24.3 Å². The summed E-state index contributed by atoms with van der Waals surface area (Å²) in [5.74, 6) is 0.538. The lowest BCUT2D eigenvalue weighted by molar-refractivity contribution is 0.568. The normalized spacial score (nSPS) is 10.6. The summed E-state index contributed by atoms with van der Waals surface area (Å²) < 4.78 is 5.17. The van der Waals surface area contributed by atoms with E-state index in [0.29, 0.717) is 5.89 Å². The molecule has 0 atom stereocenters. The summed E-state index contributed by atoms with van der Waals surface area (Å²) in [5, 5.41) is 11.0. The van der Waals surface area contributed by atoms with E-state index in [4.69, 9.17) is 4.42 Å². The Labute approximate surface area is 123 Å². The van der Waals surface area contributed by atoms with E-state index in [0.717, 1.165) is 17.8 Å². The van der Waals surface area contributed by atoms with Gasteiger partial charge in [0.15, 0.2) is 0 Å².